The van der Waals surface area contributed by atoms with Crippen molar-refractivity contribution in [3.05, 3.63) is 46.3 Å². The van der Waals surface area contributed by atoms with Gasteiger partial charge < -0.3 is 4.74 Å². The zero-order valence-corrected chi connectivity index (χ0v) is 11.8. The molecule has 19 heavy (non-hydrogen) atoms. The summed E-state index contributed by atoms with van der Waals surface area (Å²) < 4.78 is 7.43. The van der Waals surface area contributed by atoms with Gasteiger partial charge in [-0.25, -0.2) is 0 Å². The van der Waals surface area contributed by atoms with Gasteiger partial charge in [-0.2, -0.15) is 5.10 Å². The molecule has 0 unspecified atom stereocenters. The number of non-ortho nitro benzene ring substituents is 1. The number of hydrogen-bond acceptors (Lipinski definition) is 4. The number of ether oxygens (including phenoxy) is 1. The largest absolute Gasteiger partial charge is 0.454 e. The van der Waals surface area contributed by atoms with Crippen LogP contribution in [0, 0.1) is 10.1 Å². The van der Waals surface area contributed by atoms with Crippen LogP contribution in [0.25, 0.3) is 0 Å². The van der Waals surface area contributed by atoms with Crippen molar-refractivity contribution in [1.82, 2.24) is 9.78 Å². The predicted molar refractivity (Wildman–Crippen MR) is 73.7 cm³/mol. The van der Waals surface area contributed by atoms with E-state index in [0.717, 1.165) is 12.1 Å². The summed E-state index contributed by atoms with van der Waals surface area (Å²) in [6, 6.07) is 4.51. The summed E-state index contributed by atoms with van der Waals surface area (Å²) in [5.41, 5.74) is 0.768. The van der Waals surface area contributed by atoms with E-state index in [1.165, 1.54) is 12.1 Å². The molecule has 0 bridgehead atoms. The minimum absolute atomic E-state index is 0.0473. The van der Waals surface area contributed by atoms with Crippen LogP contribution in [0.1, 0.15) is 12.5 Å². The molecule has 0 N–H and O–H groups in total. The van der Waals surface area contributed by atoms with Crippen LogP contribution in [0.15, 0.2) is 30.6 Å². The first-order valence-electron chi connectivity index (χ1n) is 5.67. The fourth-order valence-electron chi connectivity index (χ4n) is 1.58. The van der Waals surface area contributed by atoms with Gasteiger partial charge in [-0.15, -0.1) is 0 Å². The molecule has 0 spiro atoms. The Bertz CT molecular complexity index is 598. The summed E-state index contributed by atoms with van der Waals surface area (Å²) in [5.74, 6) is 1.19. The van der Waals surface area contributed by atoms with E-state index in [1.807, 2.05) is 6.92 Å². The first-order chi connectivity index (χ1) is 9.13. The maximum absolute atomic E-state index is 10.7. The summed E-state index contributed by atoms with van der Waals surface area (Å²) in [7, 11) is 0. The zero-order valence-electron chi connectivity index (χ0n) is 10.2. The third kappa shape index (κ3) is 3.11. The standard InChI is InChI=1S/C12H12BrN3O3/c1-2-15-8-11(7-14-15)19-12-4-3-10(16(17)18)5-9(12)6-13/h3-5,7-8H,2,6H2,1H3. The number of aromatic nitrogens is 2. The Morgan fingerprint density at radius 3 is 2.89 bits per heavy atom. The van der Waals surface area contributed by atoms with Crippen molar-refractivity contribution in [2.45, 2.75) is 18.8 Å². The number of rotatable bonds is 5. The molecule has 1 aromatic heterocycles. The first kappa shape index (κ1) is 13.5. The third-order valence-electron chi connectivity index (χ3n) is 2.56. The van der Waals surface area contributed by atoms with Crippen molar-refractivity contribution in [2.75, 3.05) is 0 Å². The van der Waals surface area contributed by atoms with Crippen molar-refractivity contribution in [1.29, 1.82) is 0 Å². The van der Waals surface area contributed by atoms with Crippen LogP contribution in [0.4, 0.5) is 5.69 Å². The number of halogens is 1. The number of benzene rings is 1. The van der Waals surface area contributed by atoms with Gasteiger partial charge >= 0.3 is 0 Å². The fourth-order valence-corrected chi connectivity index (χ4v) is 2.02. The lowest BCUT2D eigenvalue weighted by Crippen LogP contribution is -1.93. The molecular formula is C12H12BrN3O3. The van der Waals surface area contributed by atoms with E-state index in [4.69, 9.17) is 4.74 Å². The highest BCUT2D eigenvalue weighted by Gasteiger charge is 2.12. The molecule has 0 atom stereocenters. The molecule has 2 rings (SSSR count). The van der Waals surface area contributed by atoms with E-state index in [-0.39, 0.29) is 5.69 Å². The molecule has 100 valence electrons. The summed E-state index contributed by atoms with van der Waals surface area (Å²) in [6.45, 7) is 2.74. The average Bonchev–Trinajstić information content (AvgIpc) is 2.86. The van der Waals surface area contributed by atoms with Gasteiger partial charge in [0.05, 0.1) is 17.3 Å². The van der Waals surface area contributed by atoms with Gasteiger partial charge in [0, 0.05) is 29.6 Å². The second-order valence-electron chi connectivity index (χ2n) is 3.82. The van der Waals surface area contributed by atoms with Gasteiger partial charge in [-0.3, -0.25) is 14.8 Å². The first-order valence-corrected chi connectivity index (χ1v) is 6.79. The van der Waals surface area contributed by atoms with Crippen LogP contribution < -0.4 is 4.74 Å². The lowest BCUT2D eigenvalue weighted by atomic mass is 10.2. The summed E-state index contributed by atoms with van der Waals surface area (Å²) >= 11 is 3.30. The Kier molecular flexibility index (Phi) is 4.16. The Balaban J connectivity index is 2.26. The van der Waals surface area contributed by atoms with Crippen LogP contribution in [0.5, 0.6) is 11.5 Å². The quantitative estimate of drug-likeness (QED) is 0.479. The molecule has 2 aromatic rings. The Morgan fingerprint density at radius 1 is 1.53 bits per heavy atom. The molecule has 0 aliphatic heterocycles. The normalized spacial score (nSPS) is 10.4. The molecule has 0 fully saturated rings. The second-order valence-corrected chi connectivity index (χ2v) is 4.38. The molecule has 0 amide bonds. The molecule has 0 saturated carbocycles. The number of nitrogens with zero attached hydrogens (tertiary/aromatic N) is 3. The zero-order chi connectivity index (χ0) is 13.8. The fraction of sp³-hybridized carbons (Fsp3) is 0.250. The van der Waals surface area contributed by atoms with Gasteiger partial charge in [0.15, 0.2) is 5.75 Å². The number of hydrogen-bond donors (Lipinski definition) is 0. The number of aryl methyl sites for hydroxylation is 1. The van der Waals surface area contributed by atoms with E-state index < -0.39 is 4.92 Å². The molecule has 1 heterocycles. The lowest BCUT2D eigenvalue weighted by molar-refractivity contribution is -0.384. The molecular weight excluding hydrogens is 314 g/mol. The van der Waals surface area contributed by atoms with E-state index in [2.05, 4.69) is 21.0 Å². The van der Waals surface area contributed by atoms with Crippen LogP contribution >= 0.6 is 15.9 Å². The van der Waals surface area contributed by atoms with E-state index in [9.17, 15) is 10.1 Å². The monoisotopic (exact) mass is 325 g/mol. The van der Waals surface area contributed by atoms with E-state index >= 15 is 0 Å². The van der Waals surface area contributed by atoms with Crippen molar-refractivity contribution in [3.8, 4) is 11.5 Å². The smallest absolute Gasteiger partial charge is 0.270 e. The number of alkyl halides is 1. The highest BCUT2D eigenvalue weighted by atomic mass is 79.9. The predicted octanol–water partition coefficient (Wildman–Crippen LogP) is 3.50. The molecule has 7 heteroatoms. The van der Waals surface area contributed by atoms with Gasteiger partial charge in [-0.05, 0) is 13.0 Å². The SMILES string of the molecule is CCn1cc(Oc2ccc([N+](=O)[O-])cc2CBr)cn1. The Hall–Kier alpha value is -1.89. The average molecular weight is 326 g/mol. The molecule has 1 aromatic carbocycles. The third-order valence-corrected chi connectivity index (χ3v) is 3.16. The summed E-state index contributed by atoms with van der Waals surface area (Å²) in [6.07, 6.45) is 3.39. The highest BCUT2D eigenvalue weighted by Crippen LogP contribution is 2.29. The number of nitro groups is 1. The van der Waals surface area contributed by atoms with E-state index in [1.54, 1.807) is 23.1 Å². The van der Waals surface area contributed by atoms with Crippen LogP contribution in [-0.4, -0.2) is 14.7 Å². The minimum Gasteiger partial charge on any atom is -0.454 e. The lowest BCUT2D eigenvalue weighted by Gasteiger charge is -2.07. The topological polar surface area (TPSA) is 70.2 Å². The van der Waals surface area contributed by atoms with E-state index in [0.29, 0.717) is 16.8 Å². The van der Waals surface area contributed by atoms with Gasteiger partial charge in [0.1, 0.15) is 5.75 Å². The molecule has 0 aliphatic carbocycles. The molecule has 6 nitrogen and oxygen atoms in total. The van der Waals surface area contributed by atoms with Crippen molar-refractivity contribution in [2.24, 2.45) is 0 Å². The Morgan fingerprint density at radius 2 is 2.32 bits per heavy atom. The molecule has 0 radical (unpaired) electrons. The maximum atomic E-state index is 10.7. The van der Waals surface area contributed by atoms with Gasteiger partial charge in [-0.1, -0.05) is 15.9 Å². The molecule has 0 saturated heterocycles. The summed E-state index contributed by atoms with van der Waals surface area (Å²) in [5, 5.41) is 15.3. The van der Waals surface area contributed by atoms with Crippen molar-refractivity contribution < 1.29 is 9.66 Å². The number of nitro benzene ring substituents is 1. The van der Waals surface area contributed by atoms with Crippen LogP contribution in [0.2, 0.25) is 0 Å². The highest BCUT2D eigenvalue weighted by molar-refractivity contribution is 9.08. The van der Waals surface area contributed by atoms with Gasteiger partial charge in [0.2, 0.25) is 0 Å². The van der Waals surface area contributed by atoms with Crippen molar-refractivity contribution in [3.63, 3.8) is 0 Å². The van der Waals surface area contributed by atoms with Crippen molar-refractivity contribution >= 4 is 21.6 Å². The minimum atomic E-state index is -0.426. The molecule has 0 aliphatic rings. The van der Waals surface area contributed by atoms with Crippen LogP contribution in [-0.2, 0) is 11.9 Å². The van der Waals surface area contributed by atoms with Gasteiger partial charge in [0.25, 0.3) is 5.69 Å². The second kappa shape index (κ2) is 5.83. The maximum Gasteiger partial charge on any atom is 0.270 e. The Labute approximate surface area is 118 Å². The van der Waals surface area contributed by atoms with Crippen LogP contribution in [0.3, 0.4) is 0 Å². The summed E-state index contributed by atoms with van der Waals surface area (Å²) in [4.78, 5) is 10.3.